The van der Waals surface area contributed by atoms with Gasteiger partial charge in [-0.2, -0.15) is 0 Å². The second-order valence-corrected chi connectivity index (χ2v) is 6.78. The molecule has 0 aliphatic carbocycles. The Balaban J connectivity index is 2.50. The van der Waals surface area contributed by atoms with Gasteiger partial charge < -0.3 is 14.0 Å². The van der Waals surface area contributed by atoms with E-state index in [-0.39, 0.29) is 17.2 Å². The van der Waals surface area contributed by atoms with E-state index >= 15 is 0 Å². The van der Waals surface area contributed by atoms with Crippen LogP contribution in [0.4, 0.5) is 0 Å². The van der Waals surface area contributed by atoms with Crippen LogP contribution in [-0.4, -0.2) is 38.8 Å². The van der Waals surface area contributed by atoms with E-state index in [1.54, 1.807) is 7.05 Å². The van der Waals surface area contributed by atoms with Crippen molar-refractivity contribution in [3.8, 4) is 0 Å². The minimum Gasteiger partial charge on any atom is -0.459 e. The number of carbonyl (C=O) groups excluding carboxylic acids is 1. The molecule has 0 bridgehead atoms. The first kappa shape index (κ1) is 17.0. The van der Waals surface area contributed by atoms with E-state index in [2.05, 4.69) is 6.92 Å². The maximum Gasteiger partial charge on any atom is 0.355 e. The van der Waals surface area contributed by atoms with Gasteiger partial charge in [-0.3, -0.25) is 0 Å². The summed E-state index contributed by atoms with van der Waals surface area (Å²) in [6.45, 7) is 3.13. The normalized spacial score (nSPS) is 11.6. The second kappa shape index (κ2) is 7.66. The molecule has 1 rings (SSSR count). The first-order chi connectivity index (χ1) is 9.36. The largest absolute Gasteiger partial charge is 0.459 e. The van der Waals surface area contributed by atoms with Crippen molar-refractivity contribution in [3.05, 3.63) is 18.0 Å². The van der Waals surface area contributed by atoms with Crippen LogP contribution in [0, 0.1) is 0 Å². The molecule has 8 heteroatoms. The van der Waals surface area contributed by atoms with Crippen LogP contribution >= 0.6 is 10.7 Å². The zero-order chi connectivity index (χ0) is 15.2. The molecule has 1 aromatic heterocycles. The average Bonchev–Trinajstić information content (AvgIpc) is 2.75. The molecule has 1 heterocycles. The molecule has 0 saturated heterocycles. The Morgan fingerprint density at radius 1 is 1.35 bits per heavy atom. The Labute approximate surface area is 123 Å². The Hall–Kier alpha value is -1.05. The maximum atomic E-state index is 11.8. The fourth-order valence-electron chi connectivity index (χ4n) is 1.49. The molecule has 0 N–H and O–H groups in total. The number of unbranched alkanes of at least 4 members (excludes halogenated alkanes) is 1. The van der Waals surface area contributed by atoms with Crippen molar-refractivity contribution in [2.45, 2.75) is 24.7 Å². The summed E-state index contributed by atoms with van der Waals surface area (Å²) in [5, 5.41) is 0. The molecule has 1 aromatic rings. The van der Waals surface area contributed by atoms with E-state index < -0.39 is 15.0 Å². The Morgan fingerprint density at radius 2 is 2.05 bits per heavy atom. The Kier molecular flexibility index (Phi) is 6.51. The highest BCUT2D eigenvalue weighted by Crippen LogP contribution is 2.18. The van der Waals surface area contributed by atoms with Crippen LogP contribution < -0.4 is 0 Å². The highest BCUT2D eigenvalue weighted by atomic mass is 35.7. The fourth-order valence-corrected chi connectivity index (χ4v) is 2.28. The minimum absolute atomic E-state index is 0.122. The van der Waals surface area contributed by atoms with Crippen LogP contribution in [0.15, 0.2) is 17.2 Å². The third-order valence-electron chi connectivity index (χ3n) is 2.57. The predicted molar refractivity (Wildman–Crippen MR) is 74.5 cm³/mol. The maximum absolute atomic E-state index is 11.8. The third kappa shape index (κ3) is 5.15. The lowest BCUT2D eigenvalue weighted by molar-refractivity contribution is 0.0304. The third-order valence-corrected chi connectivity index (χ3v) is 3.89. The summed E-state index contributed by atoms with van der Waals surface area (Å²) in [4.78, 5) is 11.6. The molecule has 0 aliphatic rings. The summed E-state index contributed by atoms with van der Waals surface area (Å²) in [6.07, 6.45) is 3.26. The molecular formula is C12H18ClNO5S. The van der Waals surface area contributed by atoms with Crippen LogP contribution in [0.2, 0.25) is 0 Å². The molecule has 114 valence electrons. The monoisotopic (exact) mass is 323 g/mol. The quantitative estimate of drug-likeness (QED) is 0.415. The van der Waals surface area contributed by atoms with Crippen molar-refractivity contribution in [1.82, 2.24) is 4.57 Å². The summed E-state index contributed by atoms with van der Waals surface area (Å²) in [5.41, 5.74) is 0.123. The van der Waals surface area contributed by atoms with Crippen LogP contribution in [0.25, 0.3) is 0 Å². The topological polar surface area (TPSA) is 74.6 Å². The first-order valence-electron chi connectivity index (χ1n) is 6.22. The number of aromatic nitrogens is 1. The van der Waals surface area contributed by atoms with Crippen LogP contribution in [0.3, 0.4) is 0 Å². The van der Waals surface area contributed by atoms with Gasteiger partial charge in [-0.25, -0.2) is 13.2 Å². The van der Waals surface area contributed by atoms with Gasteiger partial charge in [-0.1, -0.05) is 13.3 Å². The van der Waals surface area contributed by atoms with Gasteiger partial charge in [-0.15, -0.1) is 0 Å². The smallest absolute Gasteiger partial charge is 0.355 e. The molecule has 0 atom stereocenters. The molecule has 0 saturated carbocycles. The molecule has 6 nitrogen and oxygen atoms in total. The van der Waals surface area contributed by atoms with Crippen molar-refractivity contribution in [1.29, 1.82) is 0 Å². The predicted octanol–water partition coefficient (Wildman–Crippen LogP) is 1.93. The Bertz CT molecular complexity index is 552. The molecule has 20 heavy (non-hydrogen) atoms. The zero-order valence-electron chi connectivity index (χ0n) is 11.5. The van der Waals surface area contributed by atoms with E-state index in [9.17, 15) is 13.2 Å². The van der Waals surface area contributed by atoms with E-state index in [0.717, 1.165) is 12.8 Å². The van der Waals surface area contributed by atoms with Crippen LogP contribution in [0.5, 0.6) is 0 Å². The summed E-state index contributed by atoms with van der Waals surface area (Å²) in [5.74, 6) is -0.613. The lowest BCUT2D eigenvalue weighted by Crippen LogP contribution is -2.13. The standard InChI is InChI=1S/C12H18ClNO5S/c1-3-4-5-18-6-7-19-12(15)11-8-10(9-14(11)2)20(13,16)17/h8-9H,3-7H2,1-2H3. The van der Waals surface area contributed by atoms with E-state index in [0.29, 0.717) is 13.2 Å². The van der Waals surface area contributed by atoms with Gasteiger partial charge in [0.2, 0.25) is 0 Å². The average molecular weight is 324 g/mol. The molecule has 0 spiro atoms. The second-order valence-electron chi connectivity index (χ2n) is 4.21. The van der Waals surface area contributed by atoms with Crippen LogP contribution in [0.1, 0.15) is 30.3 Å². The number of carbonyl (C=O) groups is 1. The van der Waals surface area contributed by atoms with Gasteiger partial charge in [0.15, 0.2) is 0 Å². The van der Waals surface area contributed by atoms with Gasteiger partial charge >= 0.3 is 5.97 Å². The first-order valence-corrected chi connectivity index (χ1v) is 8.53. The number of hydrogen-bond donors (Lipinski definition) is 0. The van der Waals surface area contributed by atoms with E-state index in [1.165, 1.54) is 16.8 Å². The van der Waals surface area contributed by atoms with Gasteiger partial charge in [0.25, 0.3) is 9.05 Å². The lowest BCUT2D eigenvalue weighted by atomic mass is 10.4. The zero-order valence-corrected chi connectivity index (χ0v) is 13.0. The SMILES string of the molecule is CCCCOCCOC(=O)c1cc(S(=O)(=O)Cl)cn1C. The number of halogens is 1. The molecule has 0 radical (unpaired) electrons. The summed E-state index contributed by atoms with van der Waals surface area (Å²) >= 11 is 0. The van der Waals surface area contributed by atoms with E-state index in [4.69, 9.17) is 20.2 Å². The van der Waals surface area contributed by atoms with Crippen molar-refractivity contribution in [2.24, 2.45) is 7.05 Å². The highest BCUT2D eigenvalue weighted by molar-refractivity contribution is 8.13. The number of hydrogen-bond acceptors (Lipinski definition) is 5. The molecular weight excluding hydrogens is 306 g/mol. The number of aryl methyl sites for hydroxylation is 1. The van der Waals surface area contributed by atoms with Crippen molar-refractivity contribution >= 4 is 25.7 Å². The summed E-state index contributed by atoms with van der Waals surface area (Å²) < 4.78 is 33.9. The summed E-state index contributed by atoms with van der Waals surface area (Å²) in [6, 6.07) is 1.18. The molecule has 0 fully saturated rings. The number of rotatable bonds is 8. The van der Waals surface area contributed by atoms with Gasteiger partial charge in [0.1, 0.15) is 17.2 Å². The highest BCUT2D eigenvalue weighted by Gasteiger charge is 2.19. The number of ether oxygens (including phenoxy) is 2. The summed E-state index contributed by atoms with van der Waals surface area (Å²) in [7, 11) is 2.90. The van der Waals surface area contributed by atoms with Gasteiger partial charge in [0.05, 0.1) is 6.61 Å². The molecule has 0 aromatic carbocycles. The number of nitrogens with zero attached hydrogens (tertiary/aromatic N) is 1. The van der Waals surface area contributed by atoms with Crippen LogP contribution in [-0.2, 0) is 25.6 Å². The van der Waals surface area contributed by atoms with Gasteiger partial charge in [0, 0.05) is 30.5 Å². The number of esters is 1. The van der Waals surface area contributed by atoms with Gasteiger partial charge in [-0.05, 0) is 12.5 Å². The molecule has 0 amide bonds. The van der Waals surface area contributed by atoms with Crippen molar-refractivity contribution < 1.29 is 22.7 Å². The van der Waals surface area contributed by atoms with Crippen molar-refractivity contribution in [3.63, 3.8) is 0 Å². The fraction of sp³-hybridized carbons (Fsp3) is 0.583. The minimum atomic E-state index is -3.85. The Morgan fingerprint density at radius 3 is 2.60 bits per heavy atom. The lowest BCUT2D eigenvalue weighted by Gasteiger charge is -2.06. The van der Waals surface area contributed by atoms with E-state index in [1.807, 2.05) is 0 Å². The molecule has 0 aliphatic heterocycles. The molecule has 0 unspecified atom stereocenters. The van der Waals surface area contributed by atoms with Crippen molar-refractivity contribution in [2.75, 3.05) is 19.8 Å².